The average molecular weight is 1230 g/mol. The third-order valence-corrected chi connectivity index (χ3v) is 16.8. The first-order valence-corrected chi connectivity index (χ1v) is 36.2. The molecule has 17 nitrogen and oxygen atoms in total. The normalized spacial score (nSPS) is 14.8. The van der Waals surface area contributed by atoms with E-state index in [9.17, 15) is 43.2 Å². The van der Waals surface area contributed by atoms with Crippen molar-refractivity contribution in [3.05, 3.63) is 0 Å². The Morgan fingerprint density at radius 3 is 0.855 bits per heavy atom. The number of carbonyl (C=O) groups is 4. The fraction of sp³-hybridized carbons (Fsp3) is 0.938. The van der Waals surface area contributed by atoms with Crippen LogP contribution in [0.2, 0.25) is 0 Å². The predicted molar refractivity (Wildman–Crippen MR) is 331 cm³/mol. The van der Waals surface area contributed by atoms with Gasteiger partial charge in [-0.1, -0.05) is 254 Å². The molecule has 0 aliphatic carbocycles. The van der Waals surface area contributed by atoms with E-state index in [-0.39, 0.29) is 25.7 Å². The topological polar surface area (TPSA) is 237 Å². The lowest BCUT2D eigenvalue weighted by Crippen LogP contribution is -2.30. The molecule has 3 N–H and O–H groups in total. The van der Waals surface area contributed by atoms with Crippen molar-refractivity contribution in [3.63, 3.8) is 0 Å². The maximum atomic E-state index is 13.0. The van der Waals surface area contributed by atoms with E-state index in [1.807, 2.05) is 0 Å². The zero-order valence-electron chi connectivity index (χ0n) is 53.8. The van der Waals surface area contributed by atoms with E-state index in [2.05, 4.69) is 55.4 Å². The van der Waals surface area contributed by atoms with E-state index in [1.54, 1.807) is 0 Å². The van der Waals surface area contributed by atoms with Gasteiger partial charge < -0.3 is 33.8 Å². The Bertz CT molecular complexity index is 1660. The summed E-state index contributed by atoms with van der Waals surface area (Å²) in [6, 6.07) is 0. The van der Waals surface area contributed by atoms with Crippen LogP contribution in [0.15, 0.2) is 0 Å². The van der Waals surface area contributed by atoms with Gasteiger partial charge >= 0.3 is 39.5 Å². The molecule has 0 saturated heterocycles. The third-order valence-electron chi connectivity index (χ3n) is 14.9. The number of rotatable bonds is 61. The fourth-order valence-corrected chi connectivity index (χ4v) is 11.0. The number of phosphoric acid groups is 2. The lowest BCUT2D eigenvalue weighted by atomic mass is 9.99. The van der Waals surface area contributed by atoms with Crippen LogP contribution >= 0.6 is 15.6 Å². The summed E-state index contributed by atoms with van der Waals surface area (Å²) in [4.78, 5) is 72.2. The number of hydrogen-bond acceptors (Lipinski definition) is 15. The maximum absolute atomic E-state index is 13.0. The molecule has 0 bridgehead atoms. The van der Waals surface area contributed by atoms with Crippen molar-refractivity contribution in [1.82, 2.24) is 0 Å². The summed E-state index contributed by atoms with van der Waals surface area (Å²) in [7, 11) is -9.89. The maximum Gasteiger partial charge on any atom is 0.472 e. The number of hydrogen-bond donors (Lipinski definition) is 3. The minimum absolute atomic E-state index is 0.100. The van der Waals surface area contributed by atoms with Gasteiger partial charge in [-0.05, 0) is 49.4 Å². The van der Waals surface area contributed by atoms with Crippen molar-refractivity contribution < 1.29 is 80.2 Å². The highest BCUT2D eigenvalue weighted by atomic mass is 31.2. The van der Waals surface area contributed by atoms with Crippen LogP contribution in [0, 0.1) is 23.7 Å². The third kappa shape index (κ3) is 57.6. The van der Waals surface area contributed by atoms with E-state index < -0.39 is 97.5 Å². The first-order chi connectivity index (χ1) is 39.6. The number of unbranched alkanes of at least 4 members (excludes halogenated alkanes) is 26. The first-order valence-electron chi connectivity index (χ1n) is 33.2. The van der Waals surface area contributed by atoms with E-state index in [0.717, 1.165) is 108 Å². The molecule has 0 spiro atoms. The van der Waals surface area contributed by atoms with Gasteiger partial charge in [-0.2, -0.15) is 0 Å². The lowest BCUT2D eigenvalue weighted by molar-refractivity contribution is -0.161. The van der Waals surface area contributed by atoms with Crippen LogP contribution in [0.1, 0.15) is 306 Å². The zero-order valence-corrected chi connectivity index (χ0v) is 55.6. The van der Waals surface area contributed by atoms with Crippen molar-refractivity contribution >= 4 is 39.5 Å². The number of phosphoric ester groups is 2. The summed E-state index contributed by atoms with van der Waals surface area (Å²) in [6.07, 6.45) is 33.7. The summed E-state index contributed by atoms with van der Waals surface area (Å²) in [5.41, 5.74) is 0. The number of aliphatic hydroxyl groups excluding tert-OH is 1. The van der Waals surface area contributed by atoms with Crippen molar-refractivity contribution in [2.75, 3.05) is 39.6 Å². The Balaban J connectivity index is 5.25. The molecule has 0 aliphatic rings. The molecule has 0 fully saturated rings. The smallest absolute Gasteiger partial charge is 0.462 e. The van der Waals surface area contributed by atoms with Gasteiger partial charge in [0.1, 0.15) is 19.3 Å². The summed E-state index contributed by atoms with van der Waals surface area (Å²) < 4.78 is 67.9. The number of esters is 4. The summed E-state index contributed by atoms with van der Waals surface area (Å²) in [6.45, 7) is 13.9. The largest absolute Gasteiger partial charge is 0.472 e. The van der Waals surface area contributed by atoms with Gasteiger partial charge in [0.2, 0.25) is 0 Å². The average Bonchev–Trinajstić information content (AvgIpc) is 3.44. The lowest BCUT2D eigenvalue weighted by Gasteiger charge is -2.21. The van der Waals surface area contributed by atoms with E-state index in [1.165, 1.54) is 103 Å². The Hall–Kier alpha value is -1.94. The standard InChI is InChI=1S/C64H124O17P2/c1-9-57(8)43-35-27-17-14-15-19-30-38-46-63(68)80-59(50-74-61(66)44-36-28-18-13-11-10-12-16-24-32-40-54(2)3)52-78-82(70,71)76-48-58(65)49-77-83(72,73)79-53-60(81-64(69)47-39-31-23-21-26-34-42-56(6)7)51-75-62(67)45-37-29-22-20-25-33-41-55(4)5/h54-60,65H,9-53H2,1-8H3,(H,70,71)(H,72,73)/t57?,58-,59-,60-/m1/s1. The molecule has 0 radical (unpaired) electrons. The SMILES string of the molecule is CCC(C)CCCCCCCCCCC(=O)O[C@H](COC(=O)CCCCCCCCCCCCC(C)C)COP(=O)(O)OC[C@@H](O)COP(=O)(O)OC[C@@H](COC(=O)CCCCCCCCC(C)C)OC(=O)CCCCCCCCC(C)C. The fourth-order valence-electron chi connectivity index (χ4n) is 9.40. The summed E-state index contributed by atoms with van der Waals surface area (Å²) in [5, 5.41) is 10.5. The second-order valence-corrected chi connectivity index (χ2v) is 27.7. The summed E-state index contributed by atoms with van der Waals surface area (Å²) >= 11 is 0. The van der Waals surface area contributed by atoms with Gasteiger partial charge in [-0.25, -0.2) is 9.13 Å². The second-order valence-electron chi connectivity index (χ2n) is 24.8. The molecule has 0 saturated carbocycles. The Kier molecular flexibility index (Phi) is 53.0. The van der Waals surface area contributed by atoms with Gasteiger partial charge in [-0.15, -0.1) is 0 Å². The number of carbonyl (C=O) groups excluding carboxylic acids is 4. The molecular weight excluding hydrogens is 1100 g/mol. The van der Waals surface area contributed by atoms with Gasteiger partial charge in [-0.3, -0.25) is 37.3 Å². The summed E-state index contributed by atoms with van der Waals surface area (Å²) in [5.74, 6) is 0.732. The minimum Gasteiger partial charge on any atom is -0.462 e. The predicted octanol–water partition coefficient (Wildman–Crippen LogP) is 17.4. The van der Waals surface area contributed by atoms with Crippen LogP contribution in [-0.2, 0) is 65.4 Å². The van der Waals surface area contributed by atoms with Crippen molar-refractivity contribution in [3.8, 4) is 0 Å². The molecule has 6 atom stereocenters. The van der Waals surface area contributed by atoms with E-state index in [4.69, 9.17) is 37.0 Å². The highest BCUT2D eigenvalue weighted by Gasteiger charge is 2.30. The van der Waals surface area contributed by atoms with Gasteiger partial charge in [0.05, 0.1) is 26.4 Å². The Morgan fingerprint density at radius 1 is 0.337 bits per heavy atom. The number of ether oxygens (including phenoxy) is 4. The highest BCUT2D eigenvalue weighted by molar-refractivity contribution is 7.47. The molecule has 0 aliphatic heterocycles. The molecule has 0 rings (SSSR count). The van der Waals surface area contributed by atoms with Crippen molar-refractivity contribution in [1.29, 1.82) is 0 Å². The van der Waals surface area contributed by atoms with Gasteiger partial charge in [0.15, 0.2) is 12.2 Å². The van der Waals surface area contributed by atoms with Crippen LogP contribution in [0.3, 0.4) is 0 Å². The van der Waals surface area contributed by atoms with Crippen LogP contribution in [0.4, 0.5) is 0 Å². The zero-order chi connectivity index (χ0) is 61.8. The van der Waals surface area contributed by atoms with E-state index in [0.29, 0.717) is 37.5 Å². The molecule has 83 heavy (non-hydrogen) atoms. The quantitative estimate of drug-likeness (QED) is 0.0222. The molecule has 0 amide bonds. The molecule has 0 aromatic rings. The molecular formula is C64H124O17P2. The number of aliphatic hydroxyl groups is 1. The van der Waals surface area contributed by atoms with Crippen LogP contribution < -0.4 is 0 Å². The van der Waals surface area contributed by atoms with Crippen LogP contribution in [0.25, 0.3) is 0 Å². The second kappa shape index (κ2) is 54.2. The molecule has 0 aromatic heterocycles. The molecule has 0 heterocycles. The van der Waals surface area contributed by atoms with Crippen LogP contribution in [-0.4, -0.2) is 96.7 Å². The molecule has 19 heteroatoms. The first kappa shape index (κ1) is 81.1. The van der Waals surface area contributed by atoms with E-state index >= 15 is 0 Å². The monoisotopic (exact) mass is 1230 g/mol. The minimum atomic E-state index is -4.95. The Morgan fingerprint density at radius 2 is 0.578 bits per heavy atom. The van der Waals surface area contributed by atoms with Crippen molar-refractivity contribution in [2.45, 2.75) is 324 Å². The van der Waals surface area contributed by atoms with Crippen molar-refractivity contribution in [2.24, 2.45) is 23.7 Å². The molecule has 492 valence electrons. The Labute approximate surface area is 505 Å². The van der Waals surface area contributed by atoms with Gasteiger partial charge in [0.25, 0.3) is 0 Å². The highest BCUT2D eigenvalue weighted by Crippen LogP contribution is 2.45. The van der Waals surface area contributed by atoms with Gasteiger partial charge in [0, 0.05) is 25.7 Å². The van der Waals surface area contributed by atoms with Crippen LogP contribution in [0.5, 0.6) is 0 Å². The molecule has 0 aromatic carbocycles. The molecule has 3 unspecified atom stereocenters.